The standard InChI is InChI=1S/C27H27N3O4S/c1-5-12-33-18-9-7-17(8-10-18)23-22-24(31)19-14-16(4)6-11-20(19)34-25(22)26(32)30(23)27-29-28-21(35-27)13-15(2)3/h6-11,14-15,23H,5,12-13H2,1-4H3. The van der Waals surface area contributed by atoms with E-state index in [4.69, 9.17) is 9.15 Å². The summed E-state index contributed by atoms with van der Waals surface area (Å²) in [4.78, 5) is 29.0. The van der Waals surface area contributed by atoms with Crippen LogP contribution < -0.4 is 15.1 Å². The zero-order chi connectivity index (χ0) is 24.7. The molecule has 2 aromatic heterocycles. The number of anilines is 1. The van der Waals surface area contributed by atoms with Crippen molar-refractivity contribution >= 4 is 33.3 Å². The Kier molecular flexibility index (Phi) is 6.15. The first-order valence-corrected chi connectivity index (χ1v) is 12.6. The molecular weight excluding hydrogens is 462 g/mol. The first-order chi connectivity index (χ1) is 16.9. The van der Waals surface area contributed by atoms with Crippen LogP contribution in [-0.2, 0) is 6.42 Å². The number of fused-ring (bicyclic) bond motifs is 2. The number of carbonyl (C=O) groups is 1. The maximum Gasteiger partial charge on any atom is 0.297 e. The van der Waals surface area contributed by atoms with E-state index in [0.717, 1.165) is 34.7 Å². The normalized spacial score (nSPS) is 15.3. The van der Waals surface area contributed by atoms with Crippen molar-refractivity contribution < 1.29 is 13.9 Å². The Balaban J connectivity index is 1.67. The topological polar surface area (TPSA) is 85.5 Å². The minimum atomic E-state index is -0.668. The van der Waals surface area contributed by atoms with Crippen molar-refractivity contribution in [2.24, 2.45) is 5.92 Å². The van der Waals surface area contributed by atoms with Gasteiger partial charge >= 0.3 is 0 Å². The van der Waals surface area contributed by atoms with Gasteiger partial charge in [0.25, 0.3) is 5.91 Å². The second-order valence-electron chi connectivity index (χ2n) is 9.25. The highest BCUT2D eigenvalue weighted by Gasteiger charge is 2.45. The van der Waals surface area contributed by atoms with Crippen LogP contribution in [0.5, 0.6) is 5.75 Å². The molecule has 1 aliphatic rings. The summed E-state index contributed by atoms with van der Waals surface area (Å²) < 4.78 is 11.8. The molecule has 0 spiro atoms. The van der Waals surface area contributed by atoms with Gasteiger partial charge in [-0.25, -0.2) is 0 Å². The molecule has 35 heavy (non-hydrogen) atoms. The van der Waals surface area contributed by atoms with Gasteiger partial charge in [-0.05, 0) is 49.1 Å². The molecule has 0 radical (unpaired) electrons. The number of nitrogens with zero attached hydrogens (tertiary/aromatic N) is 3. The van der Waals surface area contributed by atoms with Gasteiger partial charge in [0.1, 0.15) is 16.3 Å². The van der Waals surface area contributed by atoms with E-state index >= 15 is 0 Å². The molecule has 0 saturated heterocycles. The Morgan fingerprint density at radius 2 is 1.89 bits per heavy atom. The average Bonchev–Trinajstić information content (AvgIpc) is 3.40. The molecule has 7 nitrogen and oxygen atoms in total. The summed E-state index contributed by atoms with van der Waals surface area (Å²) in [7, 11) is 0. The van der Waals surface area contributed by atoms with Crippen LogP contribution in [0.3, 0.4) is 0 Å². The van der Waals surface area contributed by atoms with Crippen molar-refractivity contribution in [2.45, 2.75) is 46.6 Å². The predicted molar refractivity (Wildman–Crippen MR) is 137 cm³/mol. The van der Waals surface area contributed by atoms with Crippen LogP contribution in [0.1, 0.15) is 65.5 Å². The lowest BCUT2D eigenvalue weighted by atomic mass is 9.98. The molecule has 5 rings (SSSR count). The minimum Gasteiger partial charge on any atom is -0.494 e. The van der Waals surface area contributed by atoms with Gasteiger partial charge in [0.2, 0.25) is 10.9 Å². The lowest BCUT2D eigenvalue weighted by Crippen LogP contribution is -2.29. The molecule has 1 atom stereocenters. The lowest BCUT2D eigenvalue weighted by Gasteiger charge is -2.22. The maximum absolute atomic E-state index is 13.7. The molecule has 0 bridgehead atoms. The zero-order valence-corrected chi connectivity index (χ0v) is 21.0. The Labute approximate surface area is 207 Å². The van der Waals surface area contributed by atoms with Gasteiger partial charge in [-0.1, -0.05) is 55.9 Å². The summed E-state index contributed by atoms with van der Waals surface area (Å²) in [5.41, 5.74) is 2.25. The van der Waals surface area contributed by atoms with Crippen LogP contribution in [0.2, 0.25) is 0 Å². The maximum atomic E-state index is 13.7. The van der Waals surface area contributed by atoms with E-state index < -0.39 is 6.04 Å². The number of aryl methyl sites for hydroxylation is 1. The van der Waals surface area contributed by atoms with Crippen molar-refractivity contribution in [1.29, 1.82) is 0 Å². The number of hydrogen-bond donors (Lipinski definition) is 0. The van der Waals surface area contributed by atoms with Crippen LogP contribution >= 0.6 is 11.3 Å². The Bertz CT molecular complexity index is 1460. The first-order valence-electron chi connectivity index (χ1n) is 11.8. The second-order valence-corrected chi connectivity index (χ2v) is 10.3. The van der Waals surface area contributed by atoms with Crippen LogP contribution in [0, 0.1) is 12.8 Å². The highest BCUT2D eigenvalue weighted by Crippen LogP contribution is 2.42. The number of hydrogen-bond acceptors (Lipinski definition) is 7. The number of ether oxygens (including phenoxy) is 1. The Hall–Kier alpha value is -3.52. The summed E-state index contributed by atoms with van der Waals surface area (Å²) in [6, 6.07) is 12.2. The number of aromatic nitrogens is 2. The van der Waals surface area contributed by atoms with E-state index in [0.29, 0.717) is 34.2 Å². The molecular formula is C27H27N3O4S. The number of rotatable bonds is 7. The third kappa shape index (κ3) is 4.23. The molecule has 1 amide bonds. The fourth-order valence-corrected chi connectivity index (χ4v) is 5.42. The molecule has 3 heterocycles. The van der Waals surface area contributed by atoms with Gasteiger partial charge in [-0.15, -0.1) is 10.2 Å². The monoisotopic (exact) mass is 489 g/mol. The molecule has 1 aliphatic heterocycles. The molecule has 0 saturated carbocycles. The SMILES string of the molecule is CCCOc1ccc(C2c3c(oc4ccc(C)cc4c3=O)C(=O)N2c2nnc(CC(C)C)s2)cc1. The Morgan fingerprint density at radius 1 is 1.11 bits per heavy atom. The quantitative estimate of drug-likeness (QED) is 0.332. The van der Waals surface area contributed by atoms with Gasteiger partial charge in [-0.3, -0.25) is 14.5 Å². The summed E-state index contributed by atoms with van der Waals surface area (Å²) >= 11 is 1.37. The number of carbonyl (C=O) groups excluding carboxylic acids is 1. The zero-order valence-electron chi connectivity index (χ0n) is 20.2. The van der Waals surface area contributed by atoms with Crippen molar-refractivity contribution in [3.05, 3.63) is 80.1 Å². The summed E-state index contributed by atoms with van der Waals surface area (Å²) in [5.74, 6) is 0.819. The average molecular weight is 490 g/mol. The minimum absolute atomic E-state index is 0.0586. The number of amides is 1. The van der Waals surface area contributed by atoms with Gasteiger partial charge < -0.3 is 9.15 Å². The Morgan fingerprint density at radius 3 is 2.60 bits per heavy atom. The van der Waals surface area contributed by atoms with E-state index in [2.05, 4.69) is 24.0 Å². The molecule has 2 aromatic carbocycles. The fraction of sp³-hybridized carbons (Fsp3) is 0.333. The number of benzene rings is 2. The van der Waals surface area contributed by atoms with Gasteiger partial charge in [0.05, 0.1) is 23.6 Å². The van der Waals surface area contributed by atoms with Gasteiger partial charge in [-0.2, -0.15) is 0 Å². The molecule has 0 fully saturated rings. The molecule has 180 valence electrons. The van der Waals surface area contributed by atoms with E-state index in [9.17, 15) is 9.59 Å². The van der Waals surface area contributed by atoms with Crippen LogP contribution in [0.25, 0.3) is 11.0 Å². The van der Waals surface area contributed by atoms with Crippen molar-refractivity contribution in [1.82, 2.24) is 10.2 Å². The van der Waals surface area contributed by atoms with E-state index in [-0.39, 0.29) is 17.1 Å². The van der Waals surface area contributed by atoms with Gasteiger partial charge in [0, 0.05) is 6.42 Å². The molecule has 0 aliphatic carbocycles. The third-order valence-electron chi connectivity index (χ3n) is 5.94. The predicted octanol–water partition coefficient (Wildman–Crippen LogP) is 5.69. The van der Waals surface area contributed by atoms with E-state index in [1.54, 1.807) is 17.0 Å². The summed E-state index contributed by atoms with van der Waals surface area (Å²) in [6.45, 7) is 8.81. The molecule has 0 N–H and O–H groups in total. The smallest absolute Gasteiger partial charge is 0.297 e. The highest BCUT2D eigenvalue weighted by atomic mass is 32.1. The van der Waals surface area contributed by atoms with Crippen LogP contribution in [0.15, 0.2) is 51.7 Å². The summed E-state index contributed by atoms with van der Waals surface area (Å²) in [6.07, 6.45) is 1.67. The van der Waals surface area contributed by atoms with Crippen LogP contribution in [0.4, 0.5) is 5.13 Å². The van der Waals surface area contributed by atoms with Crippen molar-refractivity contribution in [3.8, 4) is 5.75 Å². The van der Waals surface area contributed by atoms with Crippen LogP contribution in [-0.4, -0.2) is 22.7 Å². The molecule has 1 unspecified atom stereocenters. The summed E-state index contributed by atoms with van der Waals surface area (Å²) in [5, 5.41) is 10.4. The third-order valence-corrected chi connectivity index (χ3v) is 6.88. The van der Waals surface area contributed by atoms with E-state index in [1.165, 1.54) is 11.3 Å². The molecule has 8 heteroatoms. The lowest BCUT2D eigenvalue weighted by molar-refractivity contribution is 0.0970. The first kappa shape index (κ1) is 23.2. The van der Waals surface area contributed by atoms with Crippen molar-refractivity contribution in [2.75, 3.05) is 11.5 Å². The second kappa shape index (κ2) is 9.26. The fourth-order valence-electron chi connectivity index (χ4n) is 4.34. The molecule has 4 aromatic rings. The van der Waals surface area contributed by atoms with E-state index in [1.807, 2.05) is 44.2 Å². The van der Waals surface area contributed by atoms with Gasteiger partial charge in [0.15, 0.2) is 5.43 Å². The largest absolute Gasteiger partial charge is 0.494 e. The highest BCUT2D eigenvalue weighted by molar-refractivity contribution is 7.15. The van der Waals surface area contributed by atoms with Crippen molar-refractivity contribution in [3.63, 3.8) is 0 Å².